The summed E-state index contributed by atoms with van der Waals surface area (Å²) in [4.78, 5) is 25.2. The molecule has 1 heterocycles. The van der Waals surface area contributed by atoms with Gasteiger partial charge in [0.15, 0.2) is 0 Å². The van der Waals surface area contributed by atoms with Crippen LogP contribution in [0.4, 0.5) is 10.1 Å². The molecule has 1 unspecified atom stereocenters. The number of halogens is 1. The Bertz CT molecular complexity index is 698. The van der Waals surface area contributed by atoms with Gasteiger partial charge in [-0.25, -0.2) is 4.39 Å². The summed E-state index contributed by atoms with van der Waals surface area (Å²) >= 11 is 0. The van der Waals surface area contributed by atoms with E-state index in [4.69, 9.17) is 0 Å². The van der Waals surface area contributed by atoms with E-state index in [0.29, 0.717) is 12.1 Å². The molecular weight excluding hydrogens is 381 g/mol. The second kappa shape index (κ2) is 11.4. The number of nitrogens with one attached hydrogen (secondary N) is 2. The lowest BCUT2D eigenvalue weighted by molar-refractivity contribution is -0.120. The second-order valence-corrected chi connectivity index (χ2v) is 8.91. The first kappa shape index (κ1) is 22.7. The van der Waals surface area contributed by atoms with Crippen molar-refractivity contribution in [2.45, 2.75) is 69.7 Å². The predicted molar refractivity (Wildman–Crippen MR) is 118 cm³/mol. The minimum Gasteiger partial charge on any atom is -0.375 e. The molecule has 1 saturated carbocycles. The third-order valence-electron chi connectivity index (χ3n) is 6.75. The van der Waals surface area contributed by atoms with Crippen LogP contribution in [0.3, 0.4) is 0 Å². The number of carbonyl (C=O) groups is 2. The minimum atomic E-state index is -0.504. The maximum atomic E-state index is 14.8. The Morgan fingerprint density at radius 1 is 1.20 bits per heavy atom. The Labute approximate surface area is 179 Å². The third-order valence-corrected chi connectivity index (χ3v) is 6.75. The summed E-state index contributed by atoms with van der Waals surface area (Å²) in [7, 11) is 1.57. The van der Waals surface area contributed by atoms with E-state index in [9.17, 15) is 14.0 Å². The van der Waals surface area contributed by atoms with Crippen molar-refractivity contribution in [2.24, 2.45) is 5.92 Å². The van der Waals surface area contributed by atoms with Gasteiger partial charge in [-0.1, -0.05) is 25.3 Å². The van der Waals surface area contributed by atoms with Crippen LogP contribution < -0.4 is 10.6 Å². The average Bonchev–Trinajstić information content (AvgIpc) is 2.78. The molecular formula is C24H36FN3O2. The molecule has 30 heavy (non-hydrogen) atoms. The third kappa shape index (κ3) is 6.53. The molecule has 0 radical (unpaired) electrons. The van der Waals surface area contributed by atoms with Gasteiger partial charge in [0.2, 0.25) is 5.91 Å². The first-order chi connectivity index (χ1) is 14.6. The van der Waals surface area contributed by atoms with Crippen LogP contribution in [0.25, 0.3) is 0 Å². The summed E-state index contributed by atoms with van der Waals surface area (Å²) in [6, 6.07) is 4.69. The van der Waals surface area contributed by atoms with E-state index < -0.39 is 6.04 Å². The summed E-state index contributed by atoms with van der Waals surface area (Å²) in [6.07, 6.45) is 10.3. The Morgan fingerprint density at radius 2 is 1.93 bits per heavy atom. The SMILES string of the molecule is CNC(=O)CCC(C=O)Nc1ccc(C2CCN(CC3CCCCC3)CC2)c(F)c1. The van der Waals surface area contributed by atoms with Crippen LogP contribution in [-0.4, -0.2) is 49.8 Å². The number of anilines is 1. The van der Waals surface area contributed by atoms with Gasteiger partial charge in [0.05, 0.1) is 6.04 Å². The molecule has 6 heteroatoms. The van der Waals surface area contributed by atoms with Gasteiger partial charge in [-0.2, -0.15) is 0 Å². The molecule has 1 aliphatic heterocycles. The summed E-state index contributed by atoms with van der Waals surface area (Å²) < 4.78 is 14.8. The van der Waals surface area contributed by atoms with Crippen molar-refractivity contribution in [3.05, 3.63) is 29.6 Å². The van der Waals surface area contributed by atoms with Crippen LogP contribution in [0.2, 0.25) is 0 Å². The molecule has 2 fully saturated rings. The normalized spacial score (nSPS) is 19.9. The smallest absolute Gasteiger partial charge is 0.219 e. The van der Waals surface area contributed by atoms with E-state index in [1.54, 1.807) is 7.05 Å². The summed E-state index contributed by atoms with van der Waals surface area (Å²) in [5.74, 6) is 0.796. The molecule has 3 rings (SSSR count). The van der Waals surface area contributed by atoms with Gasteiger partial charge in [0.1, 0.15) is 12.1 Å². The maximum Gasteiger partial charge on any atom is 0.219 e. The van der Waals surface area contributed by atoms with Crippen molar-refractivity contribution in [2.75, 3.05) is 32.0 Å². The molecule has 166 valence electrons. The number of amides is 1. The van der Waals surface area contributed by atoms with E-state index in [-0.39, 0.29) is 24.1 Å². The molecule has 0 spiro atoms. The van der Waals surface area contributed by atoms with Gasteiger partial charge < -0.3 is 20.3 Å². The fourth-order valence-electron chi connectivity index (χ4n) is 4.91. The van der Waals surface area contributed by atoms with E-state index in [1.807, 2.05) is 12.1 Å². The van der Waals surface area contributed by atoms with Gasteiger partial charge in [0.25, 0.3) is 0 Å². The number of piperidine rings is 1. The molecule has 5 nitrogen and oxygen atoms in total. The quantitative estimate of drug-likeness (QED) is 0.594. The maximum absolute atomic E-state index is 14.8. The number of hydrogen-bond acceptors (Lipinski definition) is 4. The second-order valence-electron chi connectivity index (χ2n) is 8.91. The van der Waals surface area contributed by atoms with Gasteiger partial charge in [-0.3, -0.25) is 4.79 Å². The Morgan fingerprint density at radius 3 is 2.57 bits per heavy atom. The Balaban J connectivity index is 1.50. The number of aldehydes is 1. The van der Waals surface area contributed by atoms with Gasteiger partial charge >= 0.3 is 0 Å². The molecule has 0 aromatic heterocycles. The zero-order valence-corrected chi connectivity index (χ0v) is 18.2. The summed E-state index contributed by atoms with van der Waals surface area (Å²) in [5, 5.41) is 5.58. The lowest BCUT2D eigenvalue weighted by Gasteiger charge is -2.35. The number of benzene rings is 1. The molecule has 0 bridgehead atoms. The van der Waals surface area contributed by atoms with E-state index in [0.717, 1.165) is 43.7 Å². The molecule has 2 aliphatic rings. The van der Waals surface area contributed by atoms with Gasteiger partial charge in [-0.05, 0) is 74.7 Å². The molecule has 2 N–H and O–H groups in total. The lowest BCUT2D eigenvalue weighted by atomic mass is 9.86. The van der Waals surface area contributed by atoms with Crippen molar-refractivity contribution in [1.29, 1.82) is 0 Å². The molecule has 1 aliphatic carbocycles. The van der Waals surface area contributed by atoms with Crippen molar-refractivity contribution in [3.63, 3.8) is 0 Å². The number of likely N-dealkylation sites (tertiary alicyclic amines) is 1. The van der Waals surface area contributed by atoms with E-state index in [1.165, 1.54) is 44.7 Å². The van der Waals surface area contributed by atoms with Crippen LogP contribution in [0.15, 0.2) is 18.2 Å². The highest BCUT2D eigenvalue weighted by Gasteiger charge is 2.25. The van der Waals surface area contributed by atoms with Crippen LogP contribution >= 0.6 is 0 Å². The minimum absolute atomic E-state index is 0.111. The standard InChI is InChI=1S/C24H36FN3O2/c1-26-24(30)10-8-21(17-29)27-20-7-9-22(23(25)15-20)19-11-13-28(14-12-19)16-18-5-3-2-4-6-18/h7,9,15,17-19,21,27H,2-6,8,10-14,16H2,1H3,(H,26,30). The zero-order valence-electron chi connectivity index (χ0n) is 18.2. The van der Waals surface area contributed by atoms with E-state index >= 15 is 0 Å². The predicted octanol–water partition coefficient (Wildman–Crippen LogP) is 4.09. The van der Waals surface area contributed by atoms with Crippen molar-refractivity contribution in [3.8, 4) is 0 Å². The van der Waals surface area contributed by atoms with Crippen molar-refractivity contribution in [1.82, 2.24) is 10.2 Å². The average molecular weight is 418 g/mol. The first-order valence-electron chi connectivity index (χ1n) is 11.5. The van der Waals surface area contributed by atoms with Crippen LogP contribution in [0.5, 0.6) is 0 Å². The fourth-order valence-corrected chi connectivity index (χ4v) is 4.91. The van der Waals surface area contributed by atoms with E-state index in [2.05, 4.69) is 15.5 Å². The Hall–Kier alpha value is -1.95. The fraction of sp³-hybridized carbons (Fsp3) is 0.667. The monoisotopic (exact) mass is 417 g/mol. The molecule has 1 saturated heterocycles. The molecule has 1 amide bonds. The van der Waals surface area contributed by atoms with Crippen LogP contribution in [-0.2, 0) is 9.59 Å². The number of hydrogen-bond donors (Lipinski definition) is 2. The molecule has 1 atom stereocenters. The number of nitrogens with zero attached hydrogens (tertiary/aromatic N) is 1. The largest absolute Gasteiger partial charge is 0.375 e. The Kier molecular flexibility index (Phi) is 8.67. The molecule has 1 aromatic rings. The lowest BCUT2D eigenvalue weighted by Crippen LogP contribution is -2.37. The highest BCUT2D eigenvalue weighted by Crippen LogP contribution is 2.32. The van der Waals surface area contributed by atoms with Crippen molar-refractivity contribution < 1.29 is 14.0 Å². The highest BCUT2D eigenvalue weighted by molar-refractivity contribution is 5.76. The van der Waals surface area contributed by atoms with Crippen LogP contribution in [0.1, 0.15) is 69.3 Å². The first-order valence-corrected chi connectivity index (χ1v) is 11.5. The topological polar surface area (TPSA) is 61.4 Å². The highest BCUT2D eigenvalue weighted by atomic mass is 19.1. The number of carbonyl (C=O) groups excluding carboxylic acids is 2. The molecule has 1 aromatic carbocycles. The van der Waals surface area contributed by atoms with Gasteiger partial charge in [0, 0.05) is 25.7 Å². The van der Waals surface area contributed by atoms with Gasteiger partial charge in [-0.15, -0.1) is 0 Å². The van der Waals surface area contributed by atoms with Crippen molar-refractivity contribution >= 4 is 17.9 Å². The number of rotatable bonds is 9. The zero-order chi connectivity index (χ0) is 21.3. The van der Waals surface area contributed by atoms with Crippen LogP contribution in [0, 0.1) is 11.7 Å². The summed E-state index contributed by atoms with van der Waals surface area (Å²) in [5.41, 5.74) is 1.37. The summed E-state index contributed by atoms with van der Waals surface area (Å²) in [6.45, 7) is 3.31.